The summed E-state index contributed by atoms with van der Waals surface area (Å²) in [7, 11) is 1.65. The molecule has 0 aliphatic heterocycles. The van der Waals surface area contributed by atoms with Gasteiger partial charge in [0.1, 0.15) is 16.6 Å². The number of methoxy groups -OCH3 is 1. The summed E-state index contributed by atoms with van der Waals surface area (Å²) in [5, 5.41) is 6.80. The number of rotatable bonds is 7. The predicted octanol–water partition coefficient (Wildman–Crippen LogP) is 3.65. The SMILES string of the molecule is COc1cccc(-c2nc(CO/N=C(/N)CC(C)C)cs2)c1. The van der Waals surface area contributed by atoms with Crippen LogP contribution in [-0.2, 0) is 11.4 Å². The van der Waals surface area contributed by atoms with Gasteiger partial charge in [0.25, 0.3) is 0 Å². The summed E-state index contributed by atoms with van der Waals surface area (Å²) >= 11 is 1.56. The van der Waals surface area contributed by atoms with Crippen LogP contribution in [0.2, 0.25) is 0 Å². The summed E-state index contributed by atoms with van der Waals surface area (Å²) in [5.41, 5.74) is 7.62. The Hall–Kier alpha value is -2.08. The third-order valence-corrected chi connectivity index (χ3v) is 3.82. The summed E-state index contributed by atoms with van der Waals surface area (Å²) in [6, 6.07) is 7.82. The Kier molecular flexibility index (Phi) is 5.77. The van der Waals surface area contributed by atoms with Crippen LogP contribution in [-0.4, -0.2) is 17.9 Å². The Bertz CT molecular complexity index is 638. The molecule has 0 aliphatic carbocycles. The maximum atomic E-state index is 5.76. The molecular formula is C16H21N3O2S. The van der Waals surface area contributed by atoms with Crippen LogP contribution in [0.5, 0.6) is 5.75 Å². The smallest absolute Gasteiger partial charge is 0.160 e. The van der Waals surface area contributed by atoms with Gasteiger partial charge in [0, 0.05) is 17.4 Å². The van der Waals surface area contributed by atoms with E-state index in [1.165, 1.54) is 0 Å². The zero-order valence-electron chi connectivity index (χ0n) is 13.1. The lowest BCUT2D eigenvalue weighted by atomic mass is 10.1. The highest BCUT2D eigenvalue weighted by molar-refractivity contribution is 7.13. The van der Waals surface area contributed by atoms with E-state index in [1.54, 1.807) is 18.4 Å². The standard InChI is InChI=1S/C16H21N3O2S/c1-11(2)7-15(17)19-21-9-13-10-22-16(18-13)12-5-4-6-14(8-12)20-3/h4-6,8,10-11H,7,9H2,1-3H3,(H2,17,19). The minimum Gasteiger partial charge on any atom is -0.497 e. The molecule has 2 rings (SSSR count). The molecule has 6 heteroatoms. The molecule has 0 spiro atoms. The molecule has 1 aromatic heterocycles. The average molecular weight is 319 g/mol. The van der Waals surface area contributed by atoms with E-state index in [0.29, 0.717) is 18.4 Å². The number of aromatic nitrogens is 1. The number of nitrogens with zero attached hydrogens (tertiary/aromatic N) is 2. The fraction of sp³-hybridized carbons (Fsp3) is 0.375. The van der Waals surface area contributed by atoms with Crippen molar-refractivity contribution in [3.05, 3.63) is 35.3 Å². The molecule has 1 heterocycles. The third kappa shape index (κ3) is 4.73. The second-order valence-corrected chi connectivity index (χ2v) is 6.19. The molecule has 1 aromatic carbocycles. The topological polar surface area (TPSA) is 69.7 Å². The highest BCUT2D eigenvalue weighted by Crippen LogP contribution is 2.27. The van der Waals surface area contributed by atoms with E-state index >= 15 is 0 Å². The van der Waals surface area contributed by atoms with Gasteiger partial charge >= 0.3 is 0 Å². The third-order valence-electron chi connectivity index (χ3n) is 2.88. The Morgan fingerprint density at radius 3 is 2.95 bits per heavy atom. The van der Waals surface area contributed by atoms with Crippen LogP contribution in [0.25, 0.3) is 10.6 Å². The predicted molar refractivity (Wildman–Crippen MR) is 90.0 cm³/mol. The maximum absolute atomic E-state index is 5.76. The number of oxime groups is 1. The van der Waals surface area contributed by atoms with E-state index in [2.05, 4.69) is 24.0 Å². The van der Waals surface area contributed by atoms with Gasteiger partial charge in [-0.2, -0.15) is 0 Å². The molecule has 0 aliphatic rings. The van der Waals surface area contributed by atoms with Gasteiger partial charge in [0.05, 0.1) is 12.8 Å². The number of hydrogen-bond donors (Lipinski definition) is 1. The number of hydrogen-bond acceptors (Lipinski definition) is 5. The molecule has 5 nitrogen and oxygen atoms in total. The zero-order valence-corrected chi connectivity index (χ0v) is 13.9. The van der Waals surface area contributed by atoms with Gasteiger partial charge in [-0.15, -0.1) is 11.3 Å². The molecule has 0 atom stereocenters. The van der Waals surface area contributed by atoms with E-state index in [9.17, 15) is 0 Å². The maximum Gasteiger partial charge on any atom is 0.160 e. The lowest BCUT2D eigenvalue weighted by molar-refractivity contribution is 0.127. The van der Waals surface area contributed by atoms with E-state index in [1.807, 2.05) is 29.6 Å². The van der Waals surface area contributed by atoms with Crippen LogP contribution >= 0.6 is 11.3 Å². The van der Waals surface area contributed by atoms with Gasteiger partial charge in [0.15, 0.2) is 6.61 Å². The van der Waals surface area contributed by atoms with Crippen LogP contribution < -0.4 is 10.5 Å². The van der Waals surface area contributed by atoms with Gasteiger partial charge in [-0.05, 0) is 18.1 Å². The molecule has 0 saturated heterocycles. The van der Waals surface area contributed by atoms with Crippen LogP contribution in [0.1, 0.15) is 26.0 Å². The molecule has 0 bridgehead atoms. The van der Waals surface area contributed by atoms with Gasteiger partial charge < -0.3 is 15.3 Å². The van der Waals surface area contributed by atoms with Crippen molar-refractivity contribution in [3.63, 3.8) is 0 Å². The second kappa shape index (κ2) is 7.79. The van der Waals surface area contributed by atoms with Crippen LogP contribution in [0.3, 0.4) is 0 Å². The van der Waals surface area contributed by atoms with Crippen LogP contribution in [0, 0.1) is 5.92 Å². The first-order valence-electron chi connectivity index (χ1n) is 7.11. The molecular weight excluding hydrogens is 298 g/mol. The Balaban J connectivity index is 1.96. The number of thiazole rings is 1. The summed E-state index contributed by atoms with van der Waals surface area (Å²) in [6.07, 6.45) is 0.728. The highest BCUT2D eigenvalue weighted by atomic mass is 32.1. The zero-order chi connectivity index (χ0) is 15.9. The van der Waals surface area contributed by atoms with E-state index in [0.717, 1.165) is 28.4 Å². The first-order chi connectivity index (χ1) is 10.6. The van der Waals surface area contributed by atoms with Crippen molar-refractivity contribution < 1.29 is 9.57 Å². The highest BCUT2D eigenvalue weighted by Gasteiger charge is 2.06. The van der Waals surface area contributed by atoms with Crippen LogP contribution in [0.15, 0.2) is 34.8 Å². The van der Waals surface area contributed by atoms with Gasteiger partial charge in [-0.25, -0.2) is 4.98 Å². The quantitative estimate of drug-likeness (QED) is 0.480. The van der Waals surface area contributed by atoms with Crippen molar-refractivity contribution in [3.8, 4) is 16.3 Å². The van der Waals surface area contributed by atoms with E-state index in [-0.39, 0.29) is 0 Å². The summed E-state index contributed by atoms with van der Waals surface area (Å²) in [6.45, 7) is 4.49. The second-order valence-electron chi connectivity index (χ2n) is 5.33. The minimum atomic E-state index is 0.319. The fourth-order valence-electron chi connectivity index (χ4n) is 1.90. The van der Waals surface area contributed by atoms with Crippen molar-refractivity contribution in [1.82, 2.24) is 4.98 Å². The Morgan fingerprint density at radius 1 is 1.41 bits per heavy atom. The van der Waals surface area contributed by atoms with Gasteiger partial charge in [-0.1, -0.05) is 31.1 Å². The molecule has 22 heavy (non-hydrogen) atoms. The Labute approximate surface area is 134 Å². The normalized spacial score (nSPS) is 11.7. The summed E-state index contributed by atoms with van der Waals surface area (Å²) in [5.74, 6) is 1.79. The van der Waals surface area contributed by atoms with E-state index in [4.69, 9.17) is 15.3 Å². The minimum absolute atomic E-state index is 0.319. The van der Waals surface area contributed by atoms with Crippen molar-refractivity contribution in [2.45, 2.75) is 26.9 Å². The van der Waals surface area contributed by atoms with Gasteiger partial charge in [0.2, 0.25) is 0 Å². The average Bonchev–Trinajstić information content (AvgIpc) is 2.95. The summed E-state index contributed by atoms with van der Waals surface area (Å²) < 4.78 is 5.23. The molecule has 0 amide bonds. The Morgan fingerprint density at radius 2 is 2.23 bits per heavy atom. The number of amidine groups is 1. The monoisotopic (exact) mass is 319 g/mol. The van der Waals surface area contributed by atoms with Crippen molar-refractivity contribution >= 4 is 17.2 Å². The van der Waals surface area contributed by atoms with Crippen LogP contribution in [0.4, 0.5) is 0 Å². The largest absolute Gasteiger partial charge is 0.497 e. The van der Waals surface area contributed by atoms with Gasteiger partial charge in [-0.3, -0.25) is 0 Å². The molecule has 0 saturated carbocycles. The summed E-state index contributed by atoms with van der Waals surface area (Å²) in [4.78, 5) is 9.80. The lowest BCUT2D eigenvalue weighted by Gasteiger charge is -2.03. The molecule has 118 valence electrons. The molecule has 2 aromatic rings. The molecule has 0 fully saturated rings. The lowest BCUT2D eigenvalue weighted by Crippen LogP contribution is -2.14. The fourth-order valence-corrected chi connectivity index (χ4v) is 2.70. The first kappa shape index (κ1) is 16.3. The molecule has 2 N–H and O–H groups in total. The van der Waals surface area contributed by atoms with Crippen molar-refractivity contribution in [2.24, 2.45) is 16.8 Å². The number of nitrogens with two attached hydrogens (primary N) is 1. The molecule has 0 radical (unpaired) electrons. The number of benzene rings is 1. The van der Waals surface area contributed by atoms with Crippen molar-refractivity contribution in [1.29, 1.82) is 0 Å². The van der Waals surface area contributed by atoms with Crippen molar-refractivity contribution in [2.75, 3.05) is 7.11 Å². The number of ether oxygens (including phenoxy) is 1. The van der Waals surface area contributed by atoms with E-state index < -0.39 is 0 Å². The molecule has 0 unspecified atom stereocenters. The first-order valence-corrected chi connectivity index (χ1v) is 7.99.